The van der Waals surface area contributed by atoms with Crippen LogP contribution in [0.3, 0.4) is 0 Å². The quantitative estimate of drug-likeness (QED) is 0.124. The van der Waals surface area contributed by atoms with Crippen molar-refractivity contribution in [3.05, 3.63) is 88.7 Å². The van der Waals surface area contributed by atoms with Crippen molar-refractivity contribution in [1.82, 2.24) is 20.3 Å². The standard InChI is InChI=1S/C31H33Cl2N5O3/c1-21(37-41-19-23-6-9-24(32)16-27(23)33)22-7-10-25(11-8-22)36-31-26-17-29(39-2)30(18-28(26)34-20-35-31)40-15-5-14-38-12-3-4-13-38/h6-11,16-18,20,37H,1,3-5,12-15,19H2,2H3,(H,34,35,36). The third-order valence-electron chi connectivity index (χ3n) is 6.93. The van der Waals surface area contributed by atoms with E-state index in [-0.39, 0.29) is 6.61 Å². The molecule has 0 radical (unpaired) electrons. The summed E-state index contributed by atoms with van der Waals surface area (Å²) in [5.41, 5.74) is 6.82. The lowest BCUT2D eigenvalue weighted by molar-refractivity contribution is 0.0648. The molecule has 1 aliphatic heterocycles. The molecule has 1 fully saturated rings. The molecular formula is C31H33Cl2N5O3. The second-order valence-corrected chi connectivity index (χ2v) is 10.6. The van der Waals surface area contributed by atoms with E-state index in [1.165, 1.54) is 25.9 Å². The first-order valence-corrected chi connectivity index (χ1v) is 14.3. The summed E-state index contributed by atoms with van der Waals surface area (Å²) in [5, 5.41) is 5.34. The van der Waals surface area contributed by atoms with E-state index < -0.39 is 0 Å². The summed E-state index contributed by atoms with van der Waals surface area (Å²) in [6.45, 7) is 8.39. The molecule has 0 spiro atoms. The largest absolute Gasteiger partial charge is 0.493 e. The number of nitrogens with one attached hydrogen (secondary N) is 2. The van der Waals surface area contributed by atoms with Gasteiger partial charge in [0.1, 0.15) is 18.8 Å². The van der Waals surface area contributed by atoms with Crippen molar-refractivity contribution in [3.63, 3.8) is 0 Å². The molecule has 41 heavy (non-hydrogen) atoms. The van der Waals surface area contributed by atoms with Gasteiger partial charge in [-0.05, 0) is 73.8 Å². The molecule has 10 heteroatoms. The van der Waals surface area contributed by atoms with Gasteiger partial charge >= 0.3 is 0 Å². The van der Waals surface area contributed by atoms with Crippen LogP contribution >= 0.6 is 23.2 Å². The highest BCUT2D eigenvalue weighted by atomic mass is 35.5. The van der Waals surface area contributed by atoms with Crippen molar-refractivity contribution in [2.45, 2.75) is 25.9 Å². The summed E-state index contributed by atoms with van der Waals surface area (Å²) < 4.78 is 11.7. The highest BCUT2D eigenvalue weighted by Crippen LogP contribution is 2.35. The zero-order valence-electron chi connectivity index (χ0n) is 23.0. The number of nitrogens with zero attached hydrogens (tertiary/aromatic N) is 3. The van der Waals surface area contributed by atoms with Gasteiger partial charge in [-0.1, -0.05) is 48.0 Å². The summed E-state index contributed by atoms with van der Waals surface area (Å²) in [5.74, 6) is 2.00. The van der Waals surface area contributed by atoms with E-state index >= 15 is 0 Å². The first kappa shape index (κ1) is 29.0. The number of fused-ring (bicyclic) bond motifs is 1. The number of hydroxylamine groups is 1. The third kappa shape index (κ3) is 7.59. The number of hydrogen-bond donors (Lipinski definition) is 2. The Labute approximate surface area is 250 Å². The SMILES string of the molecule is C=C(NOCc1ccc(Cl)cc1Cl)c1ccc(Nc2ncnc3cc(OCCCN4CCCC4)c(OC)cc23)cc1. The molecule has 1 aliphatic rings. The Morgan fingerprint density at radius 2 is 1.80 bits per heavy atom. The molecule has 1 saturated heterocycles. The minimum atomic E-state index is 0.268. The van der Waals surface area contributed by atoms with E-state index in [1.807, 2.05) is 42.5 Å². The Hall–Kier alpha value is -3.56. The second-order valence-electron chi connectivity index (χ2n) is 9.80. The number of aromatic nitrogens is 2. The average Bonchev–Trinajstić information content (AvgIpc) is 3.50. The number of anilines is 2. The first-order valence-electron chi connectivity index (χ1n) is 13.6. The summed E-state index contributed by atoms with van der Waals surface area (Å²) in [6, 6.07) is 16.9. The molecule has 0 aliphatic carbocycles. The molecule has 0 atom stereocenters. The topological polar surface area (TPSA) is 80.8 Å². The smallest absolute Gasteiger partial charge is 0.163 e. The van der Waals surface area contributed by atoms with Crippen LogP contribution in [0.2, 0.25) is 10.0 Å². The lowest BCUT2D eigenvalue weighted by Gasteiger charge is -2.16. The molecule has 5 rings (SSSR count). The normalized spacial score (nSPS) is 13.3. The van der Waals surface area contributed by atoms with Crippen molar-refractivity contribution in [2.75, 3.05) is 38.7 Å². The summed E-state index contributed by atoms with van der Waals surface area (Å²) in [4.78, 5) is 17.0. The van der Waals surface area contributed by atoms with Crippen LogP contribution in [0.15, 0.2) is 67.5 Å². The van der Waals surface area contributed by atoms with Gasteiger partial charge < -0.3 is 19.7 Å². The van der Waals surface area contributed by atoms with Crippen LogP contribution in [0.5, 0.6) is 11.5 Å². The molecule has 1 aromatic heterocycles. The van der Waals surface area contributed by atoms with E-state index in [0.717, 1.165) is 40.7 Å². The molecule has 2 heterocycles. The number of halogens is 2. The molecule has 4 aromatic rings. The van der Waals surface area contributed by atoms with Crippen molar-refractivity contribution >= 4 is 51.3 Å². The fourth-order valence-corrected chi connectivity index (χ4v) is 5.17. The maximum absolute atomic E-state index is 6.21. The van der Waals surface area contributed by atoms with Gasteiger partial charge in [0.2, 0.25) is 0 Å². The fourth-order valence-electron chi connectivity index (χ4n) is 4.70. The Balaban J connectivity index is 1.19. The van der Waals surface area contributed by atoms with Crippen LogP contribution in [0, 0.1) is 0 Å². The van der Waals surface area contributed by atoms with Gasteiger partial charge in [-0.25, -0.2) is 9.97 Å². The number of methoxy groups -OCH3 is 1. The monoisotopic (exact) mass is 593 g/mol. The molecule has 0 bridgehead atoms. The van der Waals surface area contributed by atoms with Crippen molar-refractivity contribution in [3.8, 4) is 11.5 Å². The van der Waals surface area contributed by atoms with E-state index in [9.17, 15) is 0 Å². The van der Waals surface area contributed by atoms with Crippen LogP contribution in [0.4, 0.5) is 11.5 Å². The first-order chi connectivity index (χ1) is 20.0. The van der Waals surface area contributed by atoms with Gasteiger partial charge in [0.05, 0.1) is 24.9 Å². The van der Waals surface area contributed by atoms with E-state index in [2.05, 4.69) is 32.2 Å². The molecule has 214 valence electrons. The molecule has 0 amide bonds. The third-order valence-corrected chi connectivity index (χ3v) is 7.52. The van der Waals surface area contributed by atoms with Crippen molar-refractivity contribution in [1.29, 1.82) is 0 Å². The minimum Gasteiger partial charge on any atom is -0.493 e. The summed E-state index contributed by atoms with van der Waals surface area (Å²) in [7, 11) is 1.64. The van der Waals surface area contributed by atoms with Crippen LogP contribution in [0.25, 0.3) is 16.6 Å². The maximum Gasteiger partial charge on any atom is 0.163 e. The summed E-state index contributed by atoms with van der Waals surface area (Å²) >= 11 is 12.2. The molecule has 0 unspecified atom stereocenters. The summed E-state index contributed by atoms with van der Waals surface area (Å²) in [6.07, 6.45) is 5.10. The highest BCUT2D eigenvalue weighted by Gasteiger charge is 2.14. The molecule has 0 saturated carbocycles. The van der Waals surface area contributed by atoms with Gasteiger partial charge in [-0.15, -0.1) is 0 Å². The Morgan fingerprint density at radius 3 is 2.56 bits per heavy atom. The minimum absolute atomic E-state index is 0.268. The Bertz CT molecular complexity index is 1490. The van der Waals surface area contributed by atoms with Crippen LogP contribution < -0.4 is 20.3 Å². The highest BCUT2D eigenvalue weighted by molar-refractivity contribution is 6.35. The van der Waals surface area contributed by atoms with E-state index in [0.29, 0.717) is 39.7 Å². The predicted octanol–water partition coefficient (Wildman–Crippen LogP) is 7.25. The van der Waals surface area contributed by atoms with Crippen LogP contribution in [-0.2, 0) is 11.4 Å². The van der Waals surface area contributed by atoms with Gasteiger partial charge in [-0.3, -0.25) is 10.3 Å². The number of ether oxygens (including phenoxy) is 2. The van der Waals surface area contributed by atoms with Crippen LogP contribution in [-0.4, -0.2) is 48.2 Å². The molecule has 3 aromatic carbocycles. The van der Waals surface area contributed by atoms with Gasteiger partial charge in [0.25, 0.3) is 0 Å². The van der Waals surface area contributed by atoms with Gasteiger partial charge in [0, 0.05) is 33.7 Å². The van der Waals surface area contributed by atoms with Crippen LogP contribution in [0.1, 0.15) is 30.4 Å². The number of hydrogen-bond acceptors (Lipinski definition) is 8. The van der Waals surface area contributed by atoms with Gasteiger partial charge in [0.15, 0.2) is 11.5 Å². The Morgan fingerprint density at radius 1 is 1.00 bits per heavy atom. The molecular weight excluding hydrogens is 561 g/mol. The lowest BCUT2D eigenvalue weighted by Crippen LogP contribution is -2.21. The predicted molar refractivity (Wildman–Crippen MR) is 165 cm³/mol. The van der Waals surface area contributed by atoms with Crippen molar-refractivity contribution < 1.29 is 14.3 Å². The number of likely N-dealkylation sites (tertiary alicyclic amines) is 1. The Kier molecular flexibility index (Phi) is 9.80. The fraction of sp³-hybridized carbons (Fsp3) is 0.290. The molecule has 8 nitrogen and oxygen atoms in total. The maximum atomic E-state index is 6.21. The zero-order valence-corrected chi connectivity index (χ0v) is 24.5. The number of benzene rings is 3. The zero-order chi connectivity index (χ0) is 28.6. The second kappa shape index (κ2) is 13.9. The molecule has 2 N–H and O–H groups in total. The lowest BCUT2D eigenvalue weighted by atomic mass is 10.1. The average molecular weight is 595 g/mol. The van der Waals surface area contributed by atoms with E-state index in [4.69, 9.17) is 37.5 Å². The number of rotatable bonds is 13. The van der Waals surface area contributed by atoms with Gasteiger partial charge in [-0.2, -0.15) is 0 Å². The van der Waals surface area contributed by atoms with Crippen molar-refractivity contribution in [2.24, 2.45) is 0 Å². The van der Waals surface area contributed by atoms with E-state index in [1.54, 1.807) is 25.6 Å².